The van der Waals surface area contributed by atoms with Gasteiger partial charge in [0.05, 0.1) is 5.54 Å². The summed E-state index contributed by atoms with van der Waals surface area (Å²) in [6.07, 6.45) is 0.666. The molecule has 0 aromatic carbocycles. The molecule has 0 fully saturated rings. The van der Waals surface area contributed by atoms with E-state index in [2.05, 4.69) is 21.6 Å². The molecule has 7 heteroatoms. The van der Waals surface area contributed by atoms with Crippen molar-refractivity contribution in [3.05, 3.63) is 5.82 Å². The molecule has 0 aliphatic carbocycles. The summed E-state index contributed by atoms with van der Waals surface area (Å²) in [5, 5.41) is 3.40. The van der Waals surface area contributed by atoms with Crippen LogP contribution in [0.2, 0.25) is 0 Å². The highest BCUT2D eigenvalue weighted by atomic mass is 32.2. The van der Waals surface area contributed by atoms with Crippen molar-refractivity contribution in [3.8, 4) is 0 Å². The number of hydrogen-bond donors (Lipinski definition) is 2. The van der Waals surface area contributed by atoms with Crippen LogP contribution in [-0.4, -0.2) is 32.6 Å². The third-order valence-electron chi connectivity index (χ3n) is 2.62. The Labute approximate surface area is 116 Å². The maximum Gasteiger partial charge on any atom is 0.237 e. The van der Waals surface area contributed by atoms with Crippen molar-refractivity contribution in [1.29, 1.82) is 0 Å². The molecular weight excluding hydrogens is 268 g/mol. The molecule has 0 saturated heterocycles. The molecule has 1 aromatic heterocycles. The number of nitrogens with two attached hydrogens (primary N) is 1. The van der Waals surface area contributed by atoms with Crippen LogP contribution in [0.3, 0.4) is 0 Å². The van der Waals surface area contributed by atoms with Crippen LogP contribution in [0.15, 0.2) is 4.34 Å². The molecule has 1 amide bonds. The monoisotopic (exact) mass is 288 g/mol. The summed E-state index contributed by atoms with van der Waals surface area (Å²) in [6, 6.07) is 0. The fourth-order valence-corrected chi connectivity index (χ4v) is 3.91. The van der Waals surface area contributed by atoms with E-state index in [0.29, 0.717) is 6.42 Å². The molecule has 0 radical (unpaired) electrons. The van der Waals surface area contributed by atoms with Crippen molar-refractivity contribution in [1.82, 2.24) is 14.7 Å². The number of hydrogen-bond acceptors (Lipinski definition) is 6. The highest BCUT2D eigenvalue weighted by Gasteiger charge is 2.32. The molecule has 2 unspecified atom stereocenters. The molecule has 5 nitrogen and oxygen atoms in total. The lowest BCUT2D eigenvalue weighted by Crippen LogP contribution is -2.54. The zero-order chi connectivity index (χ0) is 13.8. The maximum absolute atomic E-state index is 11.5. The molecule has 1 rings (SSSR count). The number of nitrogens with zero attached hydrogens (tertiary/aromatic N) is 2. The molecule has 2 atom stereocenters. The Hall–Kier alpha value is -0.660. The third-order valence-corrected chi connectivity index (χ3v) is 4.59. The van der Waals surface area contributed by atoms with Crippen molar-refractivity contribution in [2.75, 3.05) is 6.54 Å². The Morgan fingerprint density at radius 3 is 2.78 bits per heavy atom. The first-order valence-corrected chi connectivity index (χ1v) is 7.54. The Morgan fingerprint density at radius 1 is 1.67 bits per heavy atom. The summed E-state index contributed by atoms with van der Waals surface area (Å²) < 4.78 is 5.07. The van der Waals surface area contributed by atoms with Gasteiger partial charge in [-0.15, -0.1) is 0 Å². The van der Waals surface area contributed by atoms with E-state index in [1.54, 1.807) is 11.8 Å². The lowest BCUT2D eigenvalue weighted by Gasteiger charge is -2.29. The van der Waals surface area contributed by atoms with E-state index in [4.69, 9.17) is 5.73 Å². The van der Waals surface area contributed by atoms with Gasteiger partial charge in [0.2, 0.25) is 5.91 Å². The topological polar surface area (TPSA) is 80.9 Å². The van der Waals surface area contributed by atoms with E-state index < -0.39 is 5.54 Å². The Kier molecular flexibility index (Phi) is 5.55. The quantitative estimate of drug-likeness (QED) is 0.744. The Morgan fingerprint density at radius 2 is 2.33 bits per heavy atom. The SMILES string of the molecule is CCNC(C)(CC(C)Sc1nc(C)ns1)C(N)=O. The van der Waals surface area contributed by atoms with Crippen LogP contribution in [-0.2, 0) is 4.79 Å². The molecule has 1 aromatic rings. The van der Waals surface area contributed by atoms with Crippen LogP contribution in [0.5, 0.6) is 0 Å². The predicted molar refractivity (Wildman–Crippen MR) is 75.9 cm³/mol. The van der Waals surface area contributed by atoms with E-state index in [9.17, 15) is 4.79 Å². The Bertz CT molecular complexity index is 410. The molecule has 0 bridgehead atoms. The highest BCUT2D eigenvalue weighted by molar-refractivity contribution is 8.01. The van der Waals surface area contributed by atoms with Crippen LogP contribution in [0.25, 0.3) is 0 Å². The zero-order valence-corrected chi connectivity index (χ0v) is 12.8. The van der Waals surface area contributed by atoms with Crippen LogP contribution >= 0.6 is 23.3 Å². The van der Waals surface area contributed by atoms with Crippen molar-refractivity contribution in [2.45, 2.75) is 49.2 Å². The first-order chi connectivity index (χ1) is 8.37. The second-order valence-electron chi connectivity index (χ2n) is 4.47. The summed E-state index contributed by atoms with van der Waals surface area (Å²) in [7, 11) is 0. The van der Waals surface area contributed by atoms with Gasteiger partial charge in [-0.05, 0) is 38.3 Å². The summed E-state index contributed by atoms with van der Waals surface area (Å²) in [4.78, 5) is 15.8. The van der Waals surface area contributed by atoms with Gasteiger partial charge in [-0.3, -0.25) is 4.79 Å². The number of rotatable bonds is 7. The molecule has 0 aliphatic rings. The molecular formula is C11H20N4OS2. The standard InChI is InChI=1S/C11H20N4OS2/c1-5-13-11(4,9(12)16)6-7(2)17-10-14-8(3)15-18-10/h7,13H,5-6H2,1-4H3,(H2,12,16). The number of nitrogens with one attached hydrogen (secondary N) is 1. The maximum atomic E-state index is 11.5. The molecule has 102 valence electrons. The van der Waals surface area contributed by atoms with Crippen molar-refractivity contribution in [2.24, 2.45) is 5.73 Å². The number of carbonyl (C=O) groups excluding carboxylic acids is 1. The van der Waals surface area contributed by atoms with Gasteiger partial charge in [0, 0.05) is 5.25 Å². The van der Waals surface area contributed by atoms with Gasteiger partial charge in [0.1, 0.15) is 5.82 Å². The summed E-state index contributed by atoms with van der Waals surface area (Å²) in [5.74, 6) is 0.476. The molecule has 3 N–H and O–H groups in total. The number of primary amides is 1. The number of aryl methyl sites for hydroxylation is 1. The van der Waals surface area contributed by atoms with Gasteiger partial charge in [-0.25, -0.2) is 4.98 Å². The number of aromatic nitrogens is 2. The van der Waals surface area contributed by atoms with Gasteiger partial charge in [-0.2, -0.15) is 4.37 Å². The second kappa shape index (κ2) is 6.49. The normalized spacial score (nSPS) is 16.2. The fourth-order valence-electron chi connectivity index (χ4n) is 1.76. The predicted octanol–water partition coefficient (Wildman–Crippen LogP) is 1.57. The van der Waals surface area contributed by atoms with E-state index >= 15 is 0 Å². The third kappa shape index (κ3) is 4.22. The summed E-state index contributed by atoms with van der Waals surface area (Å²) >= 11 is 3.02. The Balaban J connectivity index is 2.61. The zero-order valence-electron chi connectivity index (χ0n) is 11.2. The number of carbonyl (C=O) groups is 1. The minimum Gasteiger partial charge on any atom is -0.368 e. The molecule has 18 heavy (non-hydrogen) atoms. The number of amides is 1. The van der Waals surface area contributed by atoms with Crippen molar-refractivity contribution in [3.63, 3.8) is 0 Å². The van der Waals surface area contributed by atoms with Gasteiger partial charge in [0.25, 0.3) is 0 Å². The van der Waals surface area contributed by atoms with Crippen molar-refractivity contribution < 1.29 is 4.79 Å². The summed E-state index contributed by atoms with van der Waals surface area (Å²) in [6.45, 7) is 8.47. The smallest absolute Gasteiger partial charge is 0.237 e. The highest BCUT2D eigenvalue weighted by Crippen LogP contribution is 2.29. The van der Waals surface area contributed by atoms with Gasteiger partial charge < -0.3 is 11.1 Å². The van der Waals surface area contributed by atoms with E-state index in [0.717, 1.165) is 16.7 Å². The number of likely N-dealkylation sites (N-methyl/N-ethyl adjacent to an activating group) is 1. The van der Waals surface area contributed by atoms with E-state index in [1.807, 2.05) is 20.8 Å². The second-order valence-corrected chi connectivity index (χ2v) is 6.90. The fraction of sp³-hybridized carbons (Fsp3) is 0.727. The van der Waals surface area contributed by atoms with Gasteiger partial charge in [0.15, 0.2) is 4.34 Å². The lowest BCUT2D eigenvalue weighted by atomic mass is 9.95. The average molecular weight is 288 g/mol. The molecule has 0 spiro atoms. The minimum atomic E-state index is -0.666. The summed E-state index contributed by atoms with van der Waals surface area (Å²) in [5.41, 5.74) is 4.80. The molecule has 0 saturated carbocycles. The van der Waals surface area contributed by atoms with Gasteiger partial charge >= 0.3 is 0 Å². The first kappa shape index (κ1) is 15.4. The van der Waals surface area contributed by atoms with Crippen LogP contribution in [0.1, 0.15) is 33.0 Å². The van der Waals surface area contributed by atoms with E-state index in [1.165, 1.54) is 11.5 Å². The van der Waals surface area contributed by atoms with Crippen LogP contribution in [0.4, 0.5) is 0 Å². The van der Waals surface area contributed by atoms with Crippen LogP contribution in [0, 0.1) is 6.92 Å². The minimum absolute atomic E-state index is 0.244. The van der Waals surface area contributed by atoms with Crippen molar-refractivity contribution >= 4 is 29.2 Å². The largest absolute Gasteiger partial charge is 0.368 e. The lowest BCUT2D eigenvalue weighted by molar-refractivity contribution is -0.124. The van der Waals surface area contributed by atoms with Gasteiger partial charge in [-0.1, -0.05) is 25.6 Å². The number of thioether (sulfide) groups is 1. The average Bonchev–Trinajstić information content (AvgIpc) is 2.63. The molecule has 1 heterocycles. The van der Waals surface area contributed by atoms with E-state index in [-0.39, 0.29) is 11.2 Å². The first-order valence-electron chi connectivity index (χ1n) is 5.89. The molecule has 0 aliphatic heterocycles. The van der Waals surface area contributed by atoms with Crippen LogP contribution < -0.4 is 11.1 Å².